The van der Waals surface area contributed by atoms with Gasteiger partial charge in [0.05, 0.1) is 32.8 Å². The quantitative estimate of drug-likeness (QED) is 0.0169. The lowest BCUT2D eigenvalue weighted by Gasteiger charge is -2.21. The second-order valence-electron chi connectivity index (χ2n) is 25.6. The number of aliphatic hydroxyl groups excluding tert-OH is 1. The van der Waals surface area contributed by atoms with Crippen molar-refractivity contribution in [1.29, 1.82) is 0 Å². The normalized spacial score (nSPS) is 14.5. The number of phosphoric ester groups is 2. The molecular weight excluding hydrogens is 1280 g/mol. The zero-order valence-corrected chi connectivity index (χ0v) is 63.5. The Bertz CT molecular complexity index is 2240. The molecule has 5 unspecified atom stereocenters. The third kappa shape index (κ3) is 70.4. The number of hydrogen-bond acceptors (Lipinski definition) is 15. The van der Waals surface area contributed by atoms with E-state index in [2.05, 4.69) is 101 Å². The molecule has 98 heavy (non-hydrogen) atoms. The highest BCUT2D eigenvalue weighted by atomic mass is 31.2. The van der Waals surface area contributed by atoms with E-state index in [4.69, 9.17) is 37.0 Å². The van der Waals surface area contributed by atoms with Crippen LogP contribution in [0, 0.1) is 0 Å². The monoisotopic (exact) mass is 1420 g/mol. The summed E-state index contributed by atoms with van der Waals surface area (Å²) < 4.78 is 68.3. The third-order valence-electron chi connectivity index (χ3n) is 16.1. The first-order valence-corrected chi connectivity index (χ1v) is 41.5. The van der Waals surface area contributed by atoms with E-state index in [0.717, 1.165) is 135 Å². The number of aliphatic hydroxyl groups is 1. The lowest BCUT2D eigenvalue weighted by atomic mass is 10.0. The Balaban J connectivity index is 5.41. The van der Waals surface area contributed by atoms with Crippen LogP contribution < -0.4 is 0 Å². The molecule has 5 atom stereocenters. The van der Waals surface area contributed by atoms with Gasteiger partial charge < -0.3 is 33.8 Å². The van der Waals surface area contributed by atoms with Gasteiger partial charge in [0.25, 0.3) is 0 Å². The smallest absolute Gasteiger partial charge is 0.462 e. The van der Waals surface area contributed by atoms with E-state index >= 15 is 0 Å². The number of unbranched alkanes of at least 4 members (excludes halogenated alkanes) is 31. The molecule has 0 saturated carbocycles. The van der Waals surface area contributed by atoms with Crippen LogP contribution in [0.25, 0.3) is 0 Å². The van der Waals surface area contributed by atoms with Gasteiger partial charge in [0.2, 0.25) is 0 Å². The molecule has 0 bridgehead atoms. The fourth-order valence-corrected chi connectivity index (χ4v) is 11.8. The number of carbonyl (C=O) groups is 4. The van der Waals surface area contributed by atoms with Crippen molar-refractivity contribution in [2.24, 2.45) is 0 Å². The molecule has 0 rings (SSSR count). The van der Waals surface area contributed by atoms with E-state index < -0.39 is 97.5 Å². The van der Waals surface area contributed by atoms with E-state index in [1.807, 2.05) is 18.2 Å². The number of allylic oxidation sites excluding steroid dienone is 15. The Morgan fingerprint density at radius 3 is 0.939 bits per heavy atom. The highest BCUT2D eigenvalue weighted by Crippen LogP contribution is 2.45. The molecule has 0 aromatic carbocycles. The summed E-state index contributed by atoms with van der Waals surface area (Å²) in [5.41, 5.74) is 0. The second-order valence-corrected chi connectivity index (χ2v) is 28.5. The summed E-state index contributed by atoms with van der Waals surface area (Å²) in [6.45, 7) is 4.62. The first-order valence-electron chi connectivity index (χ1n) is 38.5. The first kappa shape index (κ1) is 94.0. The predicted octanol–water partition coefficient (Wildman–Crippen LogP) is 22.0. The van der Waals surface area contributed by atoms with Gasteiger partial charge in [-0.3, -0.25) is 37.3 Å². The summed E-state index contributed by atoms with van der Waals surface area (Å²) in [6.07, 6.45) is 74.2. The Morgan fingerprint density at radius 1 is 0.306 bits per heavy atom. The summed E-state index contributed by atoms with van der Waals surface area (Å²) >= 11 is 0. The molecule has 0 heterocycles. The van der Waals surface area contributed by atoms with Crippen molar-refractivity contribution < 1.29 is 80.2 Å². The zero-order chi connectivity index (χ0) is 71.8. The van der Waals surface area contributed by atoms with E-state index in [9.17, 15) is 43.2 Å². The lowest BCUT2D eigenvalue weighted by molar-refractivity contribution is -0.161. The van der Waals surface area contributed by atoms with Gasteiger partial charge >= 0.3 is 39.5 Å². The minimum Gasteiger partial charge on any atom is -0.462 e. The number of carbonyl (C=O) groups excluding carboxylic acids is 4. The maximum Gasteiger partial charge on any atom is 0.472 e. The van der Waals surface area contributed by atoms with Gasteiger partial charge in [-0.15, -0.1) is 0 Å². The summed E-state index contributed by atoms with van der Waals surface area (Å²) in [7, 11) is -9.97. The Kier molecular flexibility index (Phi) is 68.4. The fourth-order valence-electron chi connectivity index (χ4n) is 10.2. The number of ether oxygens (including phenoxy) is 4. The van der Waals surface area contributed by atoms with Crippen LogP contribution in [0.4, 0.5) is 0 Å². The molecule has 17 nitrogen and oxygen atoms in total. The van der Waals surface area contributed by atoms with Gasteiger partial charge in [-0.25, -0.2) is 9.13 Å². The van der Waals surface area contributed by atoms with E-state index in [1.54, 1.807) is 6.08 Å². The highest BCUT2D eigenvalue weighted by molar-refractivity contribution is 7.47. The zero-order valence-electron chi connectivity index (χ0n) is 61.7. The number of phosphoric acid groups is 2. The molecule has 19 heteroatoms. The van der Waals surface area contributed by atoms with Gasteiger partial charge in [-0.1, -0.05) is 285 Å². The van der Waals surface area contributed by atoms with Crippen molar-refractivity contribution in [3.05, 3.63) is 97.2 Å². The van der Waals surface area contributed by atoms with Crippen LogP contribution in [0.2, 0.25) is 0 Å². The number of esters is 4. The molecule has 0 aromatic heterocycles. The van der Waals surface area contributed by atoms with Gasteiger partial charge in [-0.2, -0.15) is 0 Å². The van der Waals surface area contributed by atoms with Crippen molar-refractivity contribution in [2.45, 2.75) is 341 Å². The Morgan fingerprint density at radius 2 is 0.571 bits per heavy atom. The molecule has 0 amide bonds. The minimum atomic E-state index is -4.99. The van der Waals surface area contributed by atoms with Crippen LogP contribution in [0.3, 0.4) is 0 Å². The summed E-state index contributed by atoms with van der Waals surface area (Å²) in [6, 6.07) is 0. The highest BCUT2D eigenvalue weighted by Gasteiger charge is 2.30. The average Bonchev–Trinajstić information content (AvgIpc) is 1.04. The Hall–Kier alpha value is -4.02. The third-order valence-corrected chi connectivity index (χ3v) is 18.0. The van der Waals surface area contributed by atoms with E-state index in [-0.39, 0.29) is 25.7 Å². The maximum atomic E-state index is 13.1. The van der Waals surface area contributed by atoms with E-state index in [0.29, 0.717) is 25.7 Å². The van der Waals surface area contributed by atoms with Crippen LogP contribution in [0.1, 0.15) is 323 Å². The minimum absolute atomic E-state index is 0.0595. The van der Waals surface area contributed by atoms with E-state index in [1.165, 1.54) is 109 Å². The second kappa shape index (κ2) is 71.4. The average molecular weight is 1420 g/mol. The van der Waals surface area contributed by atoms with Gasteiger partial charge in [-0.05, 0) is 109 Å². The molecule has 0 radical (unpaired) electrons. The standard InChI is InChI=1S/C79H138O17P2/c1-5-9-13-17-21-25-29-33-36-40-43-47-51-55-59-63-76(81)89-69-74(95-78(83)65-61-57-53-49-45-39-32-28-24-20-16-12-8-4)71-93-97(85,86)91-67-73(80)68-92-98(87,88)94-72-75(96-79(84)66-62-58-54-50-46-42-38-35-31-27-23-19-15-11-7-3)70-90-77(82)64-60-56-52-48-44-41-37-34-30-26-22-18-14-10-6-2/h10,14,22-23,26-27,33-38,44,48,56,60,73-75,80H,5-9,11-13,15-21,24-25,28-32,39-43,45-47,49-55,57-59,61-72H2,1-4H3,(H,85,86)(H,87,88)/b14-10-,26-22-,27-23-,36-33-,37-34-,38-35-,48-44-,60-56-. The SMILES string of the molecule is CC/C=C\C/C=C\C/C=C\C/C=C\C/C=C\CC(=O)OCC(COP(=O)(O)OCC(O)COP(=O)(O)OCC(COC(=O)CCCCCCC/C=C\CCCCCCCC)OC(=O)CCCCCCCCCCCCCCC)OC(=O)CCCCCCC/C=C\C/C=C\CCCCC. The van der Waals surface area contributed by atoms with Crippen LogP contribution in [0.5, 0.6) is 0 Å². The fraction of sp³-hybridized carbons (Fsp3) is 0.747. The number of hydrogen-bond donors (Lipinski definition) is 3. The maximum absolute atomic E-state index is 13.1. The van der Waals surface area contributed by atoms with Crippen molar-refractivity contribution in [3.63, 3.8) is 0 Å². The predicted molar refractivity (Wildman–Crippen MR) is 399 cm³/mol. The molecule has 0 aliphatic carbocycles. The molecule has 0 aromatic rings. The lowest BCUT2D eigenvalue weighted by Crippen LogP contribution is -2.30. The molecule has 0 saturated heterocycles. The molecule has 0 fully saturated rings. The molecule has 3 N–H and O–H groups in total. The summed E-state index contributed by atoms with van der Waals surface area (Å²) in [4.78, 5) is 72.8. The molecule has 566 valence electrons. The van der Waals surface area contributed by atoms with Gasteiger partial charge in [0.1, 0.15) is 19.3 Å². The first-order chi connectivity index (χ1) is 47.7. The van der Waals surface area contributed by atoms with Crippen LogP contribution in [0.15, 0.2) is 97.2 Å². The van der Waals surface area contributed by atoms with Crippen molar-refractivity contribution in [1.82, 2.24) is 0 Å². The van der Waals surface area contributed by atoms with Gasteiger partial charge in [0, 0.05) is 19.3 Å². The summed E-state index contributed by atoms with van der Waals surface area (Å²) in [5, 5.41) is 10.6. The largest absolute Gasteiger partial charge is 0.472 e. The van der Waals surface area contributed by atoms with Crippen LogP contribution >= 0.6 is 15.6 Å². The molecular formula is C79H138O17P2. The van der Waals surface area contributed by atoms with Gasteiger partial charge in [0.15, 0.2) is 12.2 Å². The summed E-state index contributed by atoms with van der Waals surface area (Å²) in [5.74, 6) is -2.33. The molecule has 0 aliphatic heterocycles. The van der Waals surface area contributed by atoms with Crippen molar-refractivity contribution in [3.8, 4) is 0 Å². The van der Waals surface area contributed by atoms with Crippen LogP contribution in [-0.4, -0.2) is 96.7 Å². The molecule has 0 spiro atoms. The van der Waals surface area contributed by atoms with Crippen molar-refractivity contribution in [2.75, 3.05) is 39.6 Å². The number of rotatable bonds is 72. The van der Waals surface area contributed by atoms with Crippen LogP contribution in [-0.2, 0) is 65.4 Å². The van der Waals surface area contributed by atoms with Crippen molar-refractivity contribution >= 4 is 39.5 Å². The topological polar surface area (TPSA) is 237 Å². The molecule has 0 aliphatic rings. The Labute approximate surface area is 595 Å².